The fraction of sp³-hybridized carbons (Fsp3) is 1.00. The predicted octanol–water partition coefficient (Wildman–Crippen LogP) is 2.43. The fourth-order valence-electron chi connectivity index (χ4n) is 1.99. The highest BCUT2D eigenvalue weighted by atomic mass is 15.0. The third-order valence-electron chi connectivity index (χ3n) is 3.46. The Morgan fingerprint density at radius 2 is 1.79 bits per heavy atom. The molecule has 1 atom stereocenters. The zero-order chi connectivity index (χ0) is 10.4. The molecule has 1 saturated carbocycles. The number of nitrogens with two attached hydrogens (primary N) is 1. The minimum atomic E-state index is -0.0215. The molecule has 2 nitrogen and oxygen atoms in total. The van der Waals surface area contributed by atoms with Crippen LogP contribution < -0.4 is 11.1 Å². The molecule has 0 saturated heterocycles. The normalized spacial score (nSPS) is 24.2. The molecule has 0 bridgehead atoms. The maximum Gasteiger partial charge on any atom is 0.0249 e. The van der Waals surface area contributed by atoms with E-state index in [2.05, 4.69) is 19.2 Å². The molecule has 0 aromatic rings. The molecular formula is C12H26N2. The van der Waals surface area contributed by atoms with Gasteiger partial charge in [-0.05, 0) is 26.2 Å². The second-order valence-electron chi connectivity index (χ2n) is 5.08. The summed E-state index contributed by atoms with van der Waals surface area (Å²) in [5.74, 6) is 0. The first-order valence-corrected chi connectivity index (χ1v) is 6.16. The Balaban J connectivity index is 2.22. The molecule has 2 heteroatoms. The molecule has 0 radical (unpaired) electrons. The van der Waals surface area contributed by atoms with E-state index in [4.69, 9.17) is 5.73 Å². The van der Waals surface area contributed by atoms with Crippen LogP contribution in [0.5, 0.6) is 0 Å². The van der Waals surface area contributed by atoms with Gasteiger partial charge in [0.05, 0.1) is 0 Å². The summed E-state index contributed by atoms with van der Waals surface area (Å²) >= 11 is 0. The van der Waals surface area contributed by atoms with Gasteiger partial charge < -0.3 is 11.1 Å². The van der Waals surface area contributed by atoms with Crippen molar-refractivity contribution in [2.45, 2.75) is 70.4 Å². The summed E-state index contributed by atoms with van der Waals surface area (Å²) < 4.78 is 0. The number of nitrogens with one attached hydrogen (secondary N) is 1. The van der Waals surface area contributed by atoms with Crippen LogP contribution in [0.2, 0.25) is 0 Å². The zero-order valence-electron chi connectivity index (χ0n) is 9.81. The van der Waals surface area contributed by atoms with Crippen LogP contribution in [-0.4, -0.2) is 18.1 Å². The Morgan fingerprint density at radius 3 is 2.29 bits per heavy atom. The van der Waals surface area contributed by atoms with Crippen LogP contribution >= 0.6 is 0 Å². The Labute approximate surface area is 88.6 Å². The summed E-state index contributed by atoms with van der Waals surface area (Å²) in [4.78, 5) is 0. The first kappa shape index (κ1) is 12.0. The smallest absolute Gasteiger partial charge is 0.0249 e. The van der Waals surface area contributed by atoms with Crippen molar-refractivity contribution in [2.75, 3.05) is 6.54 Å². The van der Waals surface area contributed by atoms with Gasteiger partial charge in [-0.3, -0.25) is 0 Å². The maximum atomic E-state index is 6.11. The highest BCUT2D eigenvalue weighted by Crippen LogP contribution is 2.17. The molecule has 1 rings (SSSR count). The van der Waals surface area contributed by atoms with Gasteiger partial charge in [-0.15, -0.1) is 0 Å². The summed E-state index contributed by atoms with van der Waals surface area (Å²) in [5.41, 5.74) is 6.09. The third-order valence-corrected chi connectivity index (χ3v) is 3.46. The number of hydrogen-bond acceptors (Lipinski definition) is 2. The number of rotatable bonds is 4. The molecule has 0 aliphatic heterocycles. The molecular weight excluding hydrogens is 172 g/mol. The van der Waals surface area contributed by atoms with Gasteiger partial charge >= 0.3 is 0 Å². The molecule has 0 amide bonds. The lowest BCUT2D eigenvalue weighted by molar-refractivity contribution is 0.365. The first-order chi connectivity index (χ1) is 6.64. The first-order valence-electron chi connectivity index (χ1n) is 6.16. The molecule has 1 fully saturated rings. The average molecular weight is 198 g/mol. The summed E-state index contributed by atoms with van der Waals surface area (Å²) in [6.45, 7) is 5.26. The number of hydrogen-bond donors (Lipinski definition) is 2. The predicted molar refractivity (Wildman–Crippen MR) is 62.4 cm³/mol. The topological polar surface area (TPSA) is 38.0 Å². The highest BCUT2D eigenvalue weighted by molar-refractivity contribution is 4.82. The summed E-state index contributed by atoms with van der Waals surface area (Å²) in [6, 6.07) is 0.729. The molecule has 3 N–H and O–H groups in total. The van der Waals surface area contributed by atoms with Gasteiger partial charge in [-0.25, -0.2) is 0 Å². The fourth-order valence-corrected chi connectivity index (χ4v) is 1.99. The summed E-state index contributed by atoms with van der Waals surface area (Å²) in [6.07, 6.45) is 9.38. The van der Waals surface area contributed by atoms with Gasteiger partial charge in [0, 0.05) is 18.1 Å². The molecule has 0 aromatic heterocycles. The van der Waals surface area contributed by atoms with Crippen LogP contribution in [0.1, 0.15) is 58.8 Å². The lowest BCUT2D eigenvalue weighted by atomic mass is 9.99. The molecule has 0 aromatic carbocycles. The average Bonchev–Trinajstić information content (AvgIpc) is 2.43. The Bertz CT molecular complexity index is 146. The van der Waals surface area contributed by atoms with E-state index in [9.17, 15) is 0 Å². The maximum absolute atomic E-state index is 6.11. The SMILES string of the molecule is CCC(C)(N)CNC1CCCCCC1. The van der Waals surface area contributed by atoms with Crippen molar-refractivity contribution in [2.24, 2.45) is 5.73 Å². The van der Waals surface area contributed by atoms with E-state index in [0.29, 0.717) is 0 Å². The van der Waals surface area contributed by atoms with Crippen LogP contribution in [0.25, 0.3) is 0 Å². The van der Waals surface area contributed by atoms with Gasteiger partial charge in [0.2, 0.25) is 0 Å². The minimum absolute atomic E-state index is 0.0215. The molecule has 14 heavy (non-hydrogen) atoms. The van der Waals surface area contributed by atoms with Crippen molar-refractivity contribution in [3.05, 3.63) is 0 Å². The van der Waals surface area contributed by atoms with E-state index in [1.54, 1.807) is 0 Å². The highest BCUT2D eigenvalue weighted by Gasteiger charge is 2.18. The summed E-state index contributed by atoms with van der Waals surface area (Å²) in [5, 5.41) is 3.63. The Hall–Kier alpha value is -0.0800. The second kappa shape index (κ2) is 5.72. The van der Waals surface area contributed by atoms with E-state index in [1.807, 2.05) is 0 Å². The largest absolute Gasteiger partial charge is 0.324 e. The van der Waals surface area contributed by atoms with Crippen molar-refractivity contribution in [3.63, 3.8) is 0 Å². The van der Waals surface area contributed by atoms with Crippen molar-refractivity contribution >= 4 is 0 Å². The van der Waals surface area contributed by atoms with Crippen molar-refractivity contribution in [3.8, 4) is 0 Å². The molecule has 0 spiro atoms. The standard InChI is InChI=1S/C12H26N2/c1-3-12(2,13)10-14-11-8-6-4-5-7-9-11/h11,14H,3-10,13H2,1-2H3. The van der Waals surface area contributed by atoms with E-state index in [0.717, 1.165) is 19.0 Å². The van der Waals surface area contributed by atoms with Crippen LogP contribution in [0.3, 0.4) is 0 Å². The van der Waals surface area contributed by atoms with E-state index >= 15 is 0 Å². The lowest BCUT2D eigenvalue weighted by Crippen LogP contribution is -2.48. The van der Waals surface area contributed by atoms with Gasteiger partial charge in [-0.1, -0.05) is 32.6 Å². The molecule has 84 valence electrons. The Kier molecular flexibility index (Phi) is 4.90. The quantitative estimate of drug-likeness (QED) is 0.681. The molecule has 0 heterocycles. The molecule has 1 unspecified atom stereocenters. The van der Waals surface area contributed by atoms with Crippen molar-refractivity contribution in [1.82, 2.24) is 5.32 Å². The van der Waals surface area contributed by atoms with Crippen molar-refractivity contribution < 1.29 is 0 Å². The van der Waals surface area contributed by atoms with Gasteiger partial charge in [0.25, 0.3) is 0 Å². The van der Waals surface area contributed by atoms with Crippen LogP contribution in [0, 0.1) is 0 Å². The monoisotopic (exact) mass is 198 g/mol. The van der Waals surface area contributed by atoms with E-state index < -0.39 is 0 Å². The van der Waals surface area contributed by atoms with E-state index in [-0.39, 0.29) is 5.54 Å². The summed E-state index contributed by atoms with van der Waals surface area (Å²) in [7, 11) is 0. The van der Waals surface area contributed by atoms with Crippen molar-refractivity contribution in [1.29, 1.82) is 0 Å². The van der Waals surface area contributed by atoms with Gasteiger partial charge in [-0.2, -0.15) is 0 Å². The van der Waals surface area contributed by atoms with Gasteiger partial charge in [0.1, 0.15) is 0 Å². The van der Waals surface area contributed by atoms with E-state index in [1.165, 1.54) is 38.5 Å². The Morgan fingerprint density at radius 1 is 1.21 bits per heavy atom. The molecule has 1 aliphatic rings. The van der Waals surface area contributed by atoms with Crippen LogP contribution in [0.15, 0.2) is 0 Å². The lowest BCUT2D eigenvalue weighted by Gasteiger charge is -2.26. The van der Waals surface area contributed by atoms with Gasteiger partial charge in [0.15, 0.2) is 0 Å². The van der Waals surface area contributed by atoms with Crippen LogP contribution in [0.4, 0.5) is 0 Å². The zero-order valence-corrected chi connectivity index (χ0v) is 9.81. The molecule has 1 aliphatic carbocycles. The second-order valence-corrected chi connectivity index (χ2v) is 5.08. The third kappa shape index (κ3) is 4.43. The minimum Gasteiger partial charge on any atom is -0.324 e. The van der Waals surface area contributed by atoms with Crippen LogP contribution in [-0.2, 0) is 0 Å².